The summed E-state index contributed by atoms with van der Waals surface area (Å²) in [5, 5.41) is 17.5. The molecule has 2 amide bonds. The van der Waals surface area contributed by atoms with Crippen LogP contribution in [-0.4, -0.2) is 41.3 Å². The third-order valence-corrected chi connectivity index (χ3v) is 3.05. The average Bonchev–Trinajstić information content (AvgIpc) is 2.97. The third kappa shape index (κ3) is 4.82. The molecule has 1 atom stereocenters. The van der Waals surface area contributed by atoms with Gasteiger partial charge < -0.3 is 25.0 Å². The Kier molecular flexibility index (Phi) is 5.91. The van der Waals surface area contributed by atoms with E-state index >= 15 is 0 Å². The van der Waals surface area contributed by atoms with Crippen molar-refractivity contribution in [1.82, 2.24) is 10.5 Å². The van der Waals surface area contributed by atoms with Crippen molar-refractivity contribution >= 4 is 17.6 Å². The summed E-state index contributed by atoms with van der Waals surface area (Å²) in [5.41, 5.74) is 0.376. The molecule has 0 unspecified atom stereocenters. The first-order valence-electron chi connectivity index (χ1n) is 7.39. The topological polar surface area (TPSA) is 114 Å². The van der Waals surface area contributed by atoms with E-state index in [0.29, 0.717) is 22.9 Å². The highest BCUT2D eigenvalue weighted by molar-refractivity contribution is 5.95. The maximum atomic E-state index is 12.1. The van der Waals surface area contributed by atoms with Gasteiger partial charge >= 0.3 is 0 Å². The van der Waals surface area contributed by atoms with E-state index in [4.69, 9.17) is 14.4 Å². The number of aromatic nitrogens is 1. The first-order chi connectivity index (χ1) is 11.5. The summed E-state index contributed by atoms with van der Waals surface area (Å²) < 4.78 is 10.4. The van der Waals surface area contributed by atoms with Gasteiger partial charge in [0.05, 0.1) is 6.61 Å². The molecule has 128 valence electrons. The lowest BCUT2D eigenvalue weighted by molar-refractivity contribution is -0.122. The van der Waals surface area contributed by atoms with Crippen LogP contribution in [-0.2, 0) is 4.79 Å². The molecule has 2 rings (SSSR count). The van der Waals surface area contributed by atoms with E-state index in [1.807, 2.05) is 0 Å². The highest BCUT2D eigenvalue weighted by atomic mass is 16.5. The van der Waals surface area contributed by atoms with Crippen LogP contribution in [0.5, 0.6) is 5.75 Å². The lowest BCUT2D eigenvalue weighted by atomic mass is 10.2. The van der Waals surface area contributed by atoms with Crippen LogP contribution in [0, 0.1) is 6.92 Å². The molecule has 8 heteroatoms. The van der Waals surface area contributed by atoms with Crippen LogP contribution >= 0.6 is 0 Å². The van der Waals surface area contributed by atoms with Crippen LogP contribution in [0.25, 0.3) is 0 Å². The van der Waals surface area contributed by atoms with Crippen molar-refractivity contribution in [2.75, 3.05) is 18.5 Å². The number of nitrogens with zero attached hydrogens (tertiary/aromatic N) is 1. The van der Waals surface area contributed by atoms with E-state index in [2.05, 4.69) is 15.8 Å². The zero-order chi connectivity index (χ0) is 17.5. The number of benzene rings is 1. The quantitative estimate of drug-likeness (QED) is 0.699. The Balaban J connectivity index is 1.96. The number of carbonyl (C=O) groups is 2. The van der Waals surface area contributed by atoms with Crippen molar-refractivity contribution in [2.24, 2.45) is 0 Å². The number of nitrogens with one attached hydrogen (secondary N) is 2. The summed E-state index contributed by atoms with van der Waals surface area (Å²) in [6, 6.07) is 8.03. The van der Waals surface area contributed by atoms with E-state index in [1.165, 1.54) is 6.07 Å². The second-order valence-corrected chi connectivity index (χ2v) is 5.08. The number of amides is 2. The molecule has 0 radical (unpaired) electrons. The Labute approximate surface area is 138 Å². The van der Waals surface area contributed by atoms with E-state index in [9.17, 15) is 9.59 Å². The molecule has 0 spiro atoms. The summed E-state index contributed by atoms with van der Waals surface area (Å²) in [6.45, 7) is 3.33. The van der Waals surface area contributed by atoms with Gasteiger partial charge in [0.25, 0.3) is 11.8 Å². The van der Waals surface area contributed by atoms with Crippen LogP contribution in [0.3, 0.4) is 0 Å². The molecule has 24 heavy (non-hydrogen) atoms. The molecule has 1 heterocycles. The Hall–Kier alpha value is -2.87. The summed E-state index contributed by atoms with van der Waals surface area (Å²) in [7, 11) is 0. The molecule has 0 saturated heterocycles. The molecular formula is C16H19N3O5. The van der Waals surface area contributed by atoms with Gasteiger partial charge in [-0.05, 0) is 32.0 Å². The Morgan fingerprint density at radius 1 is 1.38 bits per heavy atom. The number of hydrogen-bond donors (Lipinski definition) is 3. The fourth-order valence-electron chi connectivity index (χ4n) is 1.89. The van der Waals surface area contributed by atoms with Gasteiger partial charge in [-0.3, -0.25) is 9.59 Å². The van der Waals surface area contributed by atoms with E-state index < -0.39 is 12.0 Å². The van der Waals surface area contributed by atoms with Gasteiger partial charge in [-0.1, -0.05) is 11.2 Å². The fourth-order valence-corrected chi connectivity index (χ4v) is 1.89. The molecule has 0 aliphatic heterocycles. The highest BCUT2D eigenvalue weighted by Crippen LogP contribution is 2.16. The van der Waals surface area contributed by atoms with E-state index in [1.54, 1.807) is 38.1 Å². The number of rotatable bonds is 7. The first kappa shape index (κ1) is 17.5. The van der Waals surface area contributed by atoms with Crippen LogP contribution < -0.4 is 15.4 Å². The maximum Gasteiger partial charge on any atom is 0.266 e. The molecule has 2 aromatic rings. The predicted octanol–water partition coefficient (Wildman–Crippen LogP) is 1.11. The van der Waals surface area contributed by atoms with Crippen molar-refractivity contribution in [3.63, 3.8) is 0 Å². The minimum Gasteiger partial charge on any atom is -0.481 e. The van der Waals surface area contributed by atoms with Gasteiger partial charge in [0.2, 0.25) is 0 Å². The Morgan fingerprint density at radius 3 is 2.83 bits per heavy atom. The number of ether oxygens (including phenoxy) is 1. The summed E-state index contributed by atoms with van der Waals surface area (Å²) in [4.78, 5) is 23.9. The molecule has 0 fully saturated rings. The van der Waals surface area contributed by atoms with Gasteiger partial charge in [0.1, 0.15) is 11.5 Å². The minimum atomic E-state index is -0.794. The summed E-state index contributed by atoms with van der Waals surface area (Å²) in [6.07, 6.45) is -0.794. The Bertz CT molecular complexity index is 713. The second-order valence-electron chi connectivity index (χ2n) is 5.08. The molecule has 1 aromatic carbocycles. The second kappa shape index (κ2) is 8.11. The standard InChI is InChI=1S/C16H19N3O5/c1-10-8-14(19-24-10)18-15(21)11(2)23-13-5-3-4-12(9-13)16(22)17-6-7-20/h3-5,8-9,11,20H,6-7H2,1-2H3,(H,17,22)(H,18,19,21)/t11-/m0/s1. The van der Waals surface area contributed by atoms with Gasteiger partial charge in [-0.2, -0.15) is 0 Å². The van der Waals surface area contributed by atoms with Crippen LogP contribution in [0.4, 0.5) is 5.82 Å². The normalized spacial score (nSPS) is 11.6. The molecule has 8 nitrogen and oxygen atoms in total. The highest BCUT2D eigenvalue weighted by Gasteiger charge is 2.17. The number of aryl methyl sites for hydroxylation is 1. The van der Waals surface area contributed by atoms with E-state index in [0.717, 1.165) is 0 Å². The third-order valence-electron chi connectivity index (χ3n) is 3.05. The van der Waals surface area contributed by atoms with Gasteiger partial charge in [0, 0.05) is 18.2 Å². The smallest absolute Gasteiger partial charge is 0.266 e. The molecule has 3 N–H and O–H groups in total. The zero-order valence-corrected chi connectivity index (χ0v) is 13.4. The number of anilines is 1. The van der Waals surface area contributed by atoms with Crippen LogP contribution in [0.15, 0.2) is 34.9 Å². The van der Waals surface area contributed by atoms with Gasteiger partial charge in [-0.15, -0.1) is 0 Å². The van der Waals surface area contributed by atoms with Crippen molar-refractivity contribution in [3.8, 4) is 5.75 Å². The number of carbonyl (C=O) groups excluding carboxylic acids is 2. The van der Waals surface area contributed by atoms with E-state index in [-0.39, 0.29) is 19.1 Å². The van der Waals surface area contributed by atoms with Crippen molar-refractivity contribution in [2.45, 2.75) is 20.0 Å². The summed E-state index contributed by atoms with van der Waals surface area (Å²) in [5.74, 6) is 0.555. The van der Waals surface area contributed by atoms with Gasteiger partial charge in [0.15, 0.2) is 11.9 Å². The van der Waals surface area contributed by atoms with Crippen LogP contribution in [0.1, 0.15) is 23.0 Å². The van der Waals surface area contributed by atoms with Gasteiger partial charge in [-0.25, -0.2) is 0 Å². The number of aliphatic hydroxyl groups excluding tert-OH is 1. The maximum absolute atomic E-state index is 12.1. The number of aliphatic hydroxyl groups is 1. The molecule has 0 saturated carbocycles. The average molecular weight is 333 g/mol. The molecule has 0 aliphatic carbocycles. The zero-order valence-electron chi connectivity index (χ0n) is 13.4. The molecule has 0 aliphatic rings. The SMILES string of the molecule is Cc1cc(NC(=O)[C@H](C)Oc2cccc(C(=O)NCCO)c2)no1. The van der Waals surface area contributed by atoms with Crippen molar-refractivity contribution in [3.05, 3.63) is 41.7 Å². The molecule has 1 aromatic heterocycles. The molecule has 0 bridgehead atoms. The minimum absolute atomic E-state index is 0.138. The fraction of sp³-hybridized carbons (Fsp3) is 0.312. The lowest BCUT2D eigenvalue weighted by Gasteiger charge is -2.14. The monoisotopic (exact) mass is 333 g/mol. The lowest BCUT2D eigenvalue weighted by Crippen LogP contribution is -2.30. The number of hydrogen-bond acceptors (Lipinski definition) is 6. The van der Waals surface area contributed by atoms with Crippen molar-refractivity contribution in [1.29, 1.82) is 0 Å². The Morgan fingerprint density at radius 2 is 2.17 bits per heavy atom. The summed E-state index contributed by atoms with van der Waals surface area (Å²) >= 11 is 0. The largest absolute Gasteiger partial charge is 0.481 e. The predicted molar refractivity (Wildman–Crippen MR) is 85.8 cm³/mol. The van der Waals surface area contributed by atoms with Crippen LogP contribution in [0.2, 0.25) is 0 Å². The first-order valence-corrected chi connectivity index (χ1v) is 7.39. The molecular weight excluding hydrogens is 314 g/mol. The van der Waals surface area contributed by atoms with Crippen molar-refractivity contribution < 1.29 is 24.0 Å².